The molecule has 1 aromatic heterocycles. The third-order valence-electron chi connectivity index (χ3n) is 4.79. The van der Waals surface area contributed by atoms with Gasteiger partial charge in [-0.3, -0.25) is 9.69 Å². The van der Waals surface area contributed by atoms with E-state index in [0.717, 1.165) is 38.3 Å². The van der Waals surface area contributed by atoms with Gasteiger partial charge >= 0.3 is 0 Å². The fraction of sp³-hybridized carbons (Fsp3) is 0.706. The predicted molar refractivity (Wildman–Crippen MR) is 91.7 cm³/mol. The van der Waals surface area contributed by atoms with Crippen molar-refractivity contribution in [2.45, 2.75) is 38.3 Å². The van der Waals surface area contributed by atoms with Gasteiger partial charge in [-0.05, 0) is 38.3 Å². The summed E-state index contributed by atoms with van der Waals surface area (Å²) >= 11 is 0. The molecule has 132 valence electrons. The molecule has 0 aliphatic carbocycles. The molecule has 0 bridgehead atoms. The number of nitrogens with one attached hydrogen (secondary N) is 1. The second-order valence-corrected chi connectivity index (χ2v) is 6.65. The van der Waals surface area contributed by atoms with Gasteiger partial charge in [0.1, 0.15) is 5.82 Å². The van der Waals surface area contributed by atoms with Crippen LogP contribution in [0.1, 0.15) is 26.2 Å². The maximum atomic E-state index is 12.6. The number of aromatic nitrogens is 2. The van der Waals surface area contributed by atoms with Crippen molar-refractivity contribution in [3.8, 4) is 0 Å². The zero-order chi connectivity index (χ0) is 16.8. The summed E-state index contributed by atoms with van der Waals surface area (Å²) in [6.45, 7) is 6.47. The molecule has 1 amide bonds. The number of nitrogens with zero attached hydrogens (tertiary/aromatic N) is 4. The van der Waals surface area contributed by atoms with Gasteiger partial charge in [-0.2, -0.15) is 5.10 Å². The summed E-state index contributed by atoms with van der Waals surface area (Å²) < 4.78 is 5.80. The van der Waals surface area contributed by atoms with Crippen molar-refractivity contribution in [2.75, 3.05) is 44.6 Å². The Bertz CT molecular complexity index is 527. The molecule has 1 N–H and O–H groups in total. The van der Waals surface area contributed by atoms with E-state index >= 15 is 0 Å². The molecule has 3 rings (SSSR count). The number of hydrogen-bond acceptors (Lipinski definition) is 6. The van der Waals surface area contributed by atoms with Gasteiger partial charge in [0.25, 0.3) is 0 Å². The van der Waals surface area contributed by atoms with Crippen LogP contribution < -0.4 is 5.32 Å². The maximum absolute atomic E-state index is 12.6. The smallest absolute Gasteiger partial charge is 0.236 e. The number of carbonyl (C=O) groups is 1. The van der Waals surface area contributed by atoms with E-state index in [9.17, 15) is 4.79 Å². The lowest BCUT2D eigenvalue weighted by Gasteiger charge is -2.37. The van der Waals surface area contributed by atoms with E-state index in [-0.39, 0.29) is 12.0 Å². The minimum atomic E-state index is 0.0623. The van der Waals surface area contributed by atoms with Gasteiger partial charge in [0.05, 0.1) is 19.3 Å². The van der Waals surface area contributed by atoms with E-state index in [2.05, 4.69) is 27.3 Å². The molecule has 2 saturated heterocycles. The lowest BCUT2D eigenvalue weighted by Crippen LogP contribution is -2.51. The van der Waals surface area contributed by atoms with Gasteiger partial charge in [0, 0.05) is 38.4 Å². The Hall–Kier alpha value is -1.73. The average Bonchev–Trinajstić information content (AvgIpc) is 2.61. The fourth-order valence-electron chi connectivity index (χ4n) is 3.41. The van der Waals surface area contributed by atoms with E-state index in [4.69, 9.17) is 4.74 Å². The number of hydrogen-bond donors (Lipinski definition) is 1. The zero-order valence-corrected chi connectivity index (χ0v) is 14.4. The van der Waals surface area contributed by atoms with Crippen LogP contribution in [0.3, 0.4) is 0 Å². The molecular weight excluding hydrogens is 306 g/mol. The van der Waals surface area contributed by atoms with Crippen molar-refractivity contribution in [2.24, 2.45) is 0 Å². The molecule has 0 saturated carbocycles. The Morgan fingerprint density at radius 3 is 3.12 bits per heavy atom. The monoisotopic (exact) mass is 333 g/mol. The Kier molecular flexibility index (Phi) is 5.98. The summed E-state index contributed by atoms with van der Waals surface area (Å²) in [7, 11) is 0. The second-order valence-electron chi connectivity index (χ2n) is 6.65. The molecule has 2 unspecified atom stereocenters. The lowest BCUT2D eigenvalue weighted by molar-refractivity contribution is -0.137. The van der Waals surface area contributed by atoms with Gasteiger partial charge in [0.15, 0.2) is 0 Å². The molecule has 7 nitrogen and oxygen atoms in total. The van der Waals surface area contributed by atoms with Crippen LogP contribution in [-0.2, 0) is 9.53 Å². The SMILES string of the molecule is CC1CCCCN1C(=O)CN1CCOC(CNc2cccnn2)C1. The molecule has 3 heterocycles. The van der Waals surface area contributed by atoms with Crippen molar-refractivity contribution >= 4 is 11.7 Å². The van der Waals surface area contributed by atoms with Crippen LogP contribution >= 0.6 is 0 Å². The number of rotatable bonds is 5. The Morgan fingerprint density at radius 2 is 2.33 bits per heavy atom. The number of piperidine rings is 1. The van der Waals surface area contributed by atoms with Crippen LogP contribution in [0.2, 0.25) is 0 Å². The summed E-state index contributed by atoms with van der Waals surface area (Å²) in [5.41, 5.74) is 0. The van der Waals surface area contributed by atoms with Gasteiger partial charge in [-0.15, -0.1) is 5.10 Å². The highest BCUT2D eigenvalue weighted by atomic mass is 16.5. The molecule has 1 aromatic rings. The highest BCUT2D eigenvalue weighted by Gasteiger charge is 2.27. The van der Waals surface area contributed by atoms with Gasteiger partial charge in [0.2, 0.25) is 5.91 Å². The van der Waals surface area contributed by atoms with Crippen molar-refractivity contribution in [3.05, 3.63) is 18.3 Å². The van der Waals surface area contributed by atoms with E-state index in [0.29, 0.717) is 25.7 Å². The minimum Gasteiger partial charge on any atom is -0.374 e. The third-order valence-corrected chi connectivity index (χ3v) is 4.79. The topological polar surface area (TPSA) is 70.6 Å². The molecule has 0 aromatic carbocycles. The molecule has 2 fully saturated rings. The molecule has 2 aliphatic heterocycles. The van der Waals surface area contributed by atoms with Crippen molar-refractivity contribution in [3.63, 3.8) is 0 Å². The molecule has 0 radical (unpaired) electrons. The van der Waals surface area contributed by atoms with Gasteiger partial charge in [-0.25, -0.2) is 0 Å². The molecular formula is C17H27N5O2. The second kappa shape index (κ2) is 8.39. The third kappa shape index (κ3) is 4.64. The summed E-state index contributed by atoms with van der Waals surface area (Å²) in [4.78, 5) is 16.8. The number of amides is 1. The number of ether oxygens (including phenoxy) is 1. The quantitative estimate of drug-likeness (QED) is 0.866. The molecule has 0 spiro atoms. The Balaban J connectivity index is 1.45. The highest BCUT2D eigenvalue weighted by molar-refractivity contribution is 5.78. The minimum absolute atomic E-state index is 0.0623. The normalized spacial score (nSPS) is 25.5. The van der Waals surface area contributed by atoms with Crippen LogP contribution in [0.5, 0.6) is 0 Å². The van der Waals surface area contributed by atoms with Crippen LogP contribution in [0.4, 0.5) is 5.82 Å². The fourth-order valence-corrected chi connectivity index (χ4v) is 3.41. The average molecular weight is 333 g/mol. The standard InChI is InChI=1S/C17H27N5O2/c1-14-5-2-3-8-22(14)17(23)13-21-9-10-24-15(12-21)11-18-16-6-4-7-19-20-16/h4,6-7,14-15H,2-3,5,8-13H2,1H3,(H,18,20). The van der Waals surface area contributed by atoms with Crippen LogP contribution in [0.15, 0.2) is 18.3 Å². The first-order valence-corrected chi connectivity index (χ1v) is 8.87. The molecule has 7 heteroatoms. The van der Waals surface area contributed by atoms with Crippen molar-refractivity contribution in [1.29, 1.82) is 0 Å². The summed E-state index contributed by atoms with van der Waals surface area (Å²) in [5.74, 6) is 1.00. The largest absolute Gasteiger partial charge is 0.374 e. The van der Waals surface area contributed by atoms with Gasteiger partial charge in [-0.1, -0.05) is 0 Å². The van der Waals surface area contributed by atoms with Crippen LogP contribution in [0.25, 0.3) is 0 Å². The van der Waals surface area contributed by atoms with E-state index in [1.54, 1.807) is 6.20 Å². The Morgan fingerprint density at radius 1 is 1.42 bits per heavy atom. The summed E-state index contributed by atoms with van der Waals surface area (Å²) in [5, 5.41) is 11.1. The van der Waals surface area contributed by atoms with E-state index < -0.39 is 0 Å². The van der Waals surface area contributed by atoms with Crippen LogP contribution in [0, 0.1) is 0 Å². The molecule has 2 aliphatic rings. The first-order valence-electron chi connectivity index (χ1n) is 8.87. The predicted octanol–water partition coefficient (Wildman–Crippen LogP) is 0.990. The maximum Gasteiger partial charge on any atom is 0.236 e. The van der Waals surface area contributed by atoms with Crippen molar-refractivity contribution in [1.82, 2.24) is 20.0 Å². The molecule has 2 atom stereocenters. The van der Waals surface area contributed by atoms with E-state index in [1.807, 2.05) is 17.0 Å². The van der Waals surface area contributed by atoms with Crippen molar-refractivity contribution < 1.29 is 9.53 Å². The lowest BCUT2D eigenvalue weighted by atomic mass is 10.0. The first-order chi connectivity index (χ1) is 11.7. The number of anilines is 1. The summed E-state index contributed by atoms with van der Waals surface area (Å²) in [6, 6.07) is 4.11. The van der Waals surface area contributed by atoms with E-state index in [1.165, 1.54) is 6.42 Å². The number of morpholine rings is 1. The Labute approximate surface area is 143 Å². The first kappa shape index (κ1) is 17.1. The zero-order valence-electron chi connectivity index (χ0n) is 14.4. The number of likely N-dealkylation sites (tertiary alicyclic amines) is 1. The molecule has 24 heavy (non-hydrogen) atoms. The number of carbonyl (C=O) groups excluding carboxylic acids is 1. The van der Waals surface area contributed by atoms with Gasteiger partial charge < -0.3 is 15.0 Å². The summed E-state index contributed by atoms with van der Waals surface area (Å²) in [6.07, 6.45) is 5.20. The van der Waals surface area contributed by atoms with Crippen LogP contribution in [-0.4, -0.2) is 77.4 Å². The highest BCUT2D eigenvalue weighted by Crippen LogP contribution is 2.17.